The number of hydrogen-bond acceptors (Lipinski definition) is 4. The van der Waals surface area contributed by atoms with Crippen LogP contribution in [-0.4, -0.2) is 42.6 Å². The number of morpholine rings is 1. The minimum Gasteiger partial charge on any atom is -0.360 e. The zero-order valence-electron chi connectivity index (χ0n) is 9.69. The van der Waals surface area contributed by atoms with E-state index in [1.54, 1.807) is 4.90 Å². The predicted octanol–water partition coefficient (Wildman–Crippen LogP) is 0.255. The Kier molecular flexibility index (Phi) is 5.23. The molecule has 90 valence electrons. The summed E-state index contributed by atoms with van der Waals surface area (Å²) >= 11 is 0. The van der Waals surface area contributed by atoms with Crippen LogP contribution >= 0.6 is 0 Å². The molecule has 0 saturated carbocycles. The van der Waals surface area contributed by atoms with Gasteiger partial charge < -0.3 is 15.4 Å². The Morgan fingerprint density at radius 2 is 2.50 bits per heavy atom. The molecule has 1 aliphatic rings. The minimum atomic E-state index is -0.486. The van der Waals surface area contributed by atoms with Gasteiger partial charge in [-0.2, -0.15) is 5.26 Å². The van der Waals surface area contributed by atoms with E-state index in [-0.39, 0.29) is 11.9 Å². The molecule has 5 nitrogen and oxygen atoms in total. The van der Waals surface area contributed by atoms with Crippen molar-refractivity contribution < 1.29 is 9.53 Å². The van der Waals surface area contributed by atoms with E-state index >= 15 is 0 Å². The van der Waals surface area contributed by atoms with Crippen LogP contribution in [0.25, 0.3) is 0 Å². The van der Waals surface area contributed by atoms with Crippen molar-refractivity contribution in [2.75, 3.05) is 19.7 Å². The summed E-state index contributed by atoms with van der Waals surface area (Å²) in [5.74, 6) is 0.0319. The maximum absolute atomic E-state index is 11.8. The van der Waals surface area contributed by atoms with Gasteiger partial charge in [0.05, 0.1) is 19.2 Å². The van der Waals surface area contributed by atoms with E-state index in [0.717, 1.165) is 12.8 Å². The first-order valence-corrected chi connectivity index (χ1v) is 5.72. The van der Waals surface area contributed by atoms with E-state index in [1.165, 1.54) is 0 Å². The molecule has 16 heavy (non-hydrogen) atoms. The third kappa shape index (κ3) is 3.80. The number of rotatable bonds is 4. The molecule has 1 amide bonds. The normalized spacial score (nSPS) is 22.6. The average Bonchev–Trinajstić information content (AvgIpc) is 2.29. The molecular weight excluding hydrogens is 206 g/mol. The molecule has 2 N–H and O–H groups in total. The number of nitrogens with two attached hydrogens (primary N) is 1. The van der Waals surface area contributed by atoms with E-state index in [9.17, 15) is 4.79 Å². The maximum Gasteiger partial charge on any atom is 0.224 e. The molecule has 1 rings (SSSR count). The fourth-order valence-electron chi connectivity index (χ4n) is 1.78. The van der Waals surface area contributed by atoms with Crippen molar-refractivity contribution in [2.24, 2.45) is 5.73 Å². The molecular formula is C11H19N3O2. The molecule has 1 saturated heterocycles. The Morgan fingerprint density at radius 3 is 3.12 bits per heavy atom. The van der Waals surface area contributed by atoms with Crippen molar-refractivity contribution in [3.63, 3.8) is 0 Å². The van der Waals surface area contributed by atoms with Gasteiger partial charge in [-0.1, -0.05) is 13.3 Å². The van der Waals surface area contributed by atoms with E-state index in [1.807, 2.05) is 13.0 Å². The van der Waals surface area contributed by atoms with E-state index < -0.39 is 6.10 Å². The van der Waals surface area contributed by atoms with E-state index in [0.29, 0.717) is 26.1 Å². The van der Waals surface area contributed by atoms with Gasteiger partial charge in [0, 0.05) is 19.0 Å². The van der Waals surface area contributed by atoms with Gasteiger partial charge in [-0.15, -0.1) is 0 Å². The summed E-state index contributed by atoms with van der Waals surface area (Å²) in [5.41, 5.74) is 5.82. The lowest BCUT2D eigenvalue weighted by Crippen LogP contribution is -2.46. The highest BCUT2D eigenvalue weighted by atomic mass is 16.5. The van der Waals surface area contributed by atoms with Crippen LogP contribution in [0.1, 0.15) is 26.2 Å². The molecule has 0 aromatic carbocycles. The van der Waals surface area contributed by atoms with Crippen LogP contribution in [0.4, 0.5) is 0 Å². The van der Waals surface area contributed by atoms with Crippen LogP contribution in [-0.2, 0) is 9.53 Å². The summed E-state index contributed by atoms with van der Waals surface area (Å²) in [6.45, 7) is 3.42. The monoisotopic (exact) mass is 225 g/mol. The highest BCUT2D eigenvalue weighted by Gasteiger charge is 2.24. The number of carbonyl (C=O) groups excluding carboxylic acids is 1. The quantitative estimate of drug-likeness (QED) is 0.744. The van der Waals surface area contributed by atoms with Gasteiger partial charge in [0.25, 0.3) is 0 Å². The van der Waals surface area contributed by atoms with Crippen molar-refractivity contribution in [2.45, 2.75) is 38.3 Å². The summed E-state index contributed by atoms with van der Waals surface area (Å²) in [7, 11) is 0. The van der Waals surface area contributed by atoms with Gasteiger partial charge in [-0.05, 0) is 6.42 Å². The van der Waals surface area contributed by atoms with Gasteiger partial charge in [-0.3, -0.25) is 4.79 Å². The largest absolute Gasteiger partial charge is 0.360 e. The molecule has 0 aromatic rings. The molecule has 0 radical (unpaired) electrons. The third-order valence-electron chi connectivity index (χ3n) is 2.66. The Balaban J connectivity index is 2.39. The topological polar surface area (TPSA) is 79.3 Å². The van der Waals surface area contributed by atoms with Crippen LogP contribution in [0.5, 0.6) is 0 Å². The smallest absolute Gasteiger partial charge is 0.224 e. The fraction of sp³-hybridized carbons (Fsp3) is 0.818. The molecule has 0 spiro atoms. The lowest BCUT2D eigenvalue weighted by molar-refractivity contribution is -0.137. The van der Waals surface area contributed by atoms with Crippen molar-refractivity contribution in [3.05, 3.63) is 0 Å². The summed E-state index contributed by atoms with van der Waals surface area (Å²) in [4.78, 5) is 13.5. The second-order valence-electron chi connectivity index (χ2n) is 4.08. The van der Waals surface area contributed by atoms with Gasteiger partial charge in [0.2, 0.25) is 5.91 Å². The zero-order chi connectivity index (χ0) is 12.0. The maximum atomic E-state index is 11.8. The summed E-state index contributed by atoms with van der Waals surface area (Å²) in [5, 5.41) is 8.72. The number of nitrogens with zero attached hydrogens (tertiary/aromatic N) is 2. The molecule has 2 unspecified atom stereocenters. The second kappa shape index (κ2) is 6.46. The molecule has 5 heteroatoms. The Morgan fingerprint density at radius 1 is 1.75 bits per heavy atom. The van der Waals surface area contributed by atoms with Crippen LogP contribution in [0.2, 0.25) is 0 Å². The van der Waals surface area contributed by atoms with Gasteiger partial charge in [0.15, 0.2) is 6.10 Å². The number of amides is 1. The number of carbonyl (C=O) groups is 1. The van der Waals surface area contributed by atoms with Crippen molar-refractivity contribution >= 4 is 5.91 Å². The third-order valence-corrected chi connectivity index (χ3v) is 2.66. The molecule has 1 heterocycles. The van der Waals surface area contributed by atoms with Gasteiger partial charge >= 0.3 is 0 Å². The second-order valence-corrected chi connectivity index (χ2v) is 4.08. The zero-order valence-corrected chi connectivity index (χ0v) is 9.69. The first kappa shape index (κ1) is 12.9. The summed E-state index contributed by atoms with van der Waals surface area (Å²) < 4.78 is 5.17. The van der Waals surface area contributed by atoms with Crippen LogP contribution in [0.3, 0.4) is 0 Å². The standard InChI is InChI=1S/C11H19N3O2/c1-2-3-9(13)6-11(15)14-4-5-16-10(7-12)8-14/h9-10H,2-6,8,13H2,1H3. The van der Waals surface area contributed by atoms with Crippen molar-refractivity contribution in [1.29, 1.82) is 5.26 Å². The molecule has 1 fully saturated rings. The predicted molar refractivity (Wildman–Crippen MR) is 59.4 cm³/mol. The van der Waals surface area contributed by atoms with Gasteiger partial charge in [0.1, 0.15) is 0 Å². The Labute approximate surface area is 96.2 Å². The lowest BCUT2D eigenvalue weighted by atomic mass is 10.1. The highest BCUT2D eigenvalue weighted by Crippen LogP contribution is 2.08. The molecule has 0 bridgehead atoms. The number of hydrogen-bond donors (Lipinski definition) is 1. The van der Waals surface area contributed by atoms with Crippen molar-refractivity contribution in [1.82, 2.24) is 4.90 Å². The molecule has 0 aliphatic carbocycles. The highest BCUT2D eigenvalue weighted by molar-refractivity contribution is 5.77. The Bertz CT molecular complexity index is 275. The van der Waals surface area contributed by atoms with Gasteiger partial charge in [-0.25, -0.2) is 0 Å². The first-order chi connectivity index (χ1) is 7.67. The summed E-state index contributed by atoms with van der Waals surface area (Å²) in [6, 6.07) is 1.95. The van der Waals surface area contributed by atoms with Crippen LogP contribution in [0, 0.1) is 11.3 Å². The minimum absolute atomic E-state index is 0.0319. The fourth-order valence-corrected chi connectivity index (χ4v) is 1.78. The Hall–Kier alpha value is -1.12. The number of ether oxygens (including phenoxy) is 1. The summed E-state index contributed by atoms with van der Waals surface area (Å²) in [6.07, 6.45) is 1.72. The van der Waals surface area contributed by atoms with Crippen molar-refractivity contribution in [3.8, 4) is 6.07 Å². The SMILES string of the molecule is CCCC(N)CC(=O)N1CCOC(C#N)C1. The average molecular weight is 225 g/mol. The van der Waals surface area contributed by atoms with Crippen LogP contribution in [0.15, 0.2) is 0 Å². The molecule has 0 aromatic heterocycles. The first-order valence-electron chi connectivity index (χ1n) is 5.72. The van der Waals surface area contributed by atoms with E-state index in [4.69, 9.17) is 15.7 Å². The molecule has 1 aliphatic heterocycles. The lowest BCUT2D eigenvalue weighted by Gasteiger charge is -2.30. The van der Waals surface area contributed by atoms with E-state index in [2.05, 4.69) is 0 Å². The number of nitriles is 1. The molecule has 2 atom stereocenters. The van der Waals surface area contributed by atoms with Crippen LogP contribution < -0.4 is 5.73 Å².